The van der Waals surface area contributed by atoms with Crippen LogP contribution in [0, 0.1) is 5.82 Å². The van der Waals surface area contributed by atoms with Crippen molar-refractivity contribution >= 4 is 17.3 Å². The van der Waals surface area contributed by atoms with Crippen LogP contribution in [0.15, 0.2) is 48.8 Å². The molecule has 6 heteroatoms. The minimum atomic E-state index is -1.05. The zero-order valence-electron chi connectivity index (χ0n) is 11.4. The number of benzene rings is 1. The van der Waals surface area contributed by atoms with Gasteiger partial charge in [-0.05, 0) is 23.8 Å². The predicted octanol–water partition coefficient (Wildman–Crippen LogP) is 3.63. The molecule has 22 heavy (non-hydrogen) atoms. The quantitative estimate of drug-likeness (QED) is 0.798. The van der Waals surface area contributed by atoms with E-state index in [4.69, 9.17) is 0 Å². The molecule has 0 spiro atoms. The molecule has 0 aliphatic heterocycles. The summed E-state index contributed by atoms with van der Waals surface area (Å²) in [5, 5.41) is 9.89. The van der Waals surface area contributed by atoms with E-state index < -0.39 is 5.97 Å². The number of aromatic nitrogens is 2. The van der Waals surface area contributed by atoms with Gasteiger partial charge in [0.15, 0.2) is 0 Å². The average Bonchev–Trinajstić information content (AvgIpc) is 2.95. The normalized spacial score (nSPS) is 10.6. The second-order valence-corrected chi connectivity index (χ2v) is 5.68. The smallest absolute Gasteiger partial charge is 0.348 e. The SMILES string of the molecule is O=C(O)c1sc(Cc2ccccc2F)nc1-c1cccnc1. The maximum absolute atomic E-state index is 13.7. The third-order valence-corrected chi connectivity index (χ3v) is 4.14. The standard InChI is InChI=1S/C16H11FN2O2S/c17-12-6-2-1-4-10(12)8-13-19-14(15(22-13)16(20)21)11-5-3-7-18-9-11/h1-7,9H,8H2,(H,20,21). The fourth-order valence-electron chi connectivity index (χ4n) is 2.09. The second kappa shape index (κ2) is 6.03. The van der Waals surface area contributed by atoms with E-state index >= 15 is 0 Å². The van der Waals surface area contributed by atoms with Crippen molar-refractivity contribution < 1.29 is 14.3 Å². The Morgan fingerprint density at radius 1 is 1.23 bits per heavy atom. The van der Waals surface area contributed by atoms with Gasteiger partial charge in [-0.25, -0.2) is 14.2 Å². The summed E-state index contributed by atoms with van der Waals surface area (Å²) in [5.41, 5.74) is 1.50. The molecule has 0 unspecified atom stereocenters. The van der Waals surface area contributed by atoms with E-state index in [1.165, 1.54) is 6.07 Å². The Balaban J connectivity index is 2.01. The molecule has 2 heterocycles. The molecule has 2 aromatic heterocycles. The van der Waals surface area contributed by atoms with Gasteiger partial charge in [-0.15, -0.1) is 11.3 Å². The molecule has 3 aromatic rings. The molecule has 3 rings (SSSR count). The monoisotopic (exact) mass is 314 g/mol. The van der Waals surface area contributed by atoms with Crippen LogP contribution >= 0.6 is 11.3 Å². The third-order valence-electron chi connectivity index (χ3n) is 3.10. The number of rotatable bonds is 4. The molecule has 0 aliphatic carbocycles. The number of aromatic carboxylic acids is 1. The zero-order valence-corrected chi connectivity index (χ0v) is 12.2. The number of carboxylic acid groups (broad SMARTS) is 1. The van der Waals surface area contributed by atoms with E-state index in [-0.39, 0.29) is 17.1 Å². The molecule has 0 amide bonds. The van der Waals surface area contributed by atoms with Crippen molar-refractivity contribution in [3.8, 4) is 11.3 Å². The lowest BCUT2D eigenvalue weighted by Crippen LogP contribution is -1.95. The van der Waals surface area contributed by atoms with E-state index in [9.17, 15) is 14.3 Å². The van der Waals surface area contributed by atoms with E-state index in [1.807, 2.05) is 0 Å². The van der Waals surface area contributed by atoms with Gasteiger partial charge in [0.2, 0.25) is 0 Å². The van der Waals surface area contributed by atoms with E-state index in [0.717, 1.165) is 11.3 Å². The lowest BCUT2D eigenvalue weighted by atomic mass is 10.1. The highest BCUT2D eigenvalue weighted by Gasteiger charge is 2.19. The molecule has 0 aliphatic rings. The van der Waals surface area contributed by atoms with Crippen LogP contribution in [0.3, 0.4) is 0 Å². The Morgan fingerprint density at radius 2 is 2.05 bits per heavy atom. The van der Waals surface area contributed by atoms with Gasteiger partial charge in [-0.1, -0.05) is 18.2 Å². The van der Waals surface area contributed by atoms with Gasteiger partial charge in [0.1, 0.15) is 10.7 Å². The lowest BCUT2D eigenvalue weighted by Gasteiger charge is -1.99. The first kappa shape index (κ1) is 14.3. The summed E-state index contributed by atoms with van der Waals surface area (Å²) in [7, 11) is 0. The van der Waals surface area contributed by atoms with Crippen molar-refractivity contribution in [2.75, 3.05) is 0 Å². The fourth-order valence-corrected chi connectivity index (χ4v) is 3.04. The van der Waals surface area contributed by atoms with Crippen LogP contribution in [0.4, 0.5) is 4.39 Å². The van der Waals surface area contributed by atoms with Crippen molar-refractivity contribution in [3.63, 3.8) is 0 Å². The molecular weight excluding hydrogens is 303 g/mol. The summed E-state index contributed by atoms with van der Waals surface area (Å²) in [4.78, 5) is 19.9. The summed E-state index contributed by atoms with van der Waals surface area (Å²) in [6, 6.07) is 9.87. The summed E-state index contributed by atoms with van der Waals surface area (Å²) >= 11 is 1.06. The zero-order chi connectivity index (χ0) is 15.5. The number of carboxylic acids is 1. The Kier molecular flexibility index (Phi) is 3.93. The van der Waals surface area contributed by atoms with Gasteiger partial charge < -0.3 is 5.11 Å². The van der Waals surface area contributed by atoms with Gasteiger partial charge in [0.25, 0.3) is 0 Å². The second-order valence-electron chi connectivity index (χ2n) is 4.60. The number of carbonyl (C=O) groups is 1. The van der Waals surface area contributed by atoms with Crippen LogP contribution in [0.25, 0.3) is 11.3 Å². The van der Waals surface area contributed by atoms with Crippen molar-refractivity contribution in [1.82, 2.24) is 9.97 Å². The summed E-state index contributed by atoms with van der Waals surface area (Å²) < 4.78 is 13.7. The number of hydrogen-bond donors (Lipinski definition) is 1. The first-order valence-electron chi connectivity index (χ1n) is 6.52. The van der Waals surface area contributed by atoms with Crippen molar-refractivity contribution in [2.24, 2.45) is 0 Å². The molecule has 0 radical (unpaired) electrons. The average molecular weight is 314 g/mol. The molecule has 1 N–H and O–H groups in total. The van der Waals surface area contributed by atoms with Crippen molar-refractivity contribution in [1.29, 1.82) is 0 Å². The Labute approximate surface area is 129 Å². The minimum absolute atomic E-state index is 0.138. The molecule has 110 valence electrons. The van der Waals surface area contributed by atoms with Crippen LogP contribution in [0.2, 0.25) is 0 Å². The molecule has 0 bridgehead atoms. The maximum Gasteiger partial charge on any atom is 0.348 e. The lowest BCUT2D eigenvalue weighted by molar-refractivity contribution is 0.0702. The highest BCUT2D eigenvalue weighted by molar-refractivity contribution is 7.14. The molecule has 0 atom stereocenters. The number of pyridine rings is 1. The van der Waals surface area contributed by atoms with Crippen molar-refractivity contribution in [3.05, 3.63) is 70.1 Å². The molecule has 1 aromatic carbocycles. The maximum atomic E-state index is 13.7. The Hall–Kier alpha value is -2.60. The van der Waals surface area contributed by atoms with E-state index in [1.54, 1.807) is 42.7 Å². The Morgan fingerprint density at radius 3 is 2.73 bits per heavy atom. The predicted molar refractivity (Wildman–Crippen MR) is 81.5 cm³/mol. The fraction of sp³-hybridized carbons (Fsp3) is 0.0625. The number of nitrogens with zero attached hydrogens (tertiary/aromatic N) is 2. The summed E-state index contributed by atoms with van der Waals surface area (Å²) in [6.45, 7) is 0. The number of halogens is 1. The summed E-state index contributed by atoms with van der Waals surface area (Å²) in [6.07, 6.45) is 3.43. The van der Waals surface area contributed by atoms with Crippen LogP contribution in [-0.2, 0) is 6.42 Å². The number of hydrogen-bond acceptors (Lipinski definition) is 4. The van der Waals surface area contributed by atoms with Gasteiger partial charge in [0.05, 0.1) is 10.7 Å². The molecule has 4 nitrogen and oxygen atoms in total. The summed E-state index contributed by atoms with van der Waals surface area (Å²) in [5.74, 6) is -1.37. The first-order valence-corrected chi connectivity index (χ1v) is 7.33. The highest BCUT2D eigenvalue weighted by atomic mass is 32.1. The third kappa shape index (κ3) is 2.87. The van der Waals surface area contributed by atoms with E-state index in [2.05, 4.69) is 9.97 Å². The molecular formula is C16H11FN2O2S. The van der Waals surface area contributed by atoms with Crippen LogP contribution < -0.4 is 0 Å². The van der Waals surface area contributed by atoms with E-state index in [0.29, 0.717) is 21.8 Å². The Bertz CT molecular complexity index is 818. The largest absolute Gasteiger partial charge is 0.477 e. The molecule has 0 saturated carbocycles. The van der Waals surface area contributed by atoms with Crippen molar-refractivity contribution in [2.45, 2.75) is 6.42 Å². The first-order chi connectivity index (χ1) is 10.6. The highest BCUT2D eigenvalue weighted by Crippen LogP contribution is 2.29. The molecule has 0 fully saturated rings. The van der Waals surface area contributed by atoms with Gasteiger partial charge in [0, 0.05) is 24.4 Å². The topological polar surface area (TPSA) is 63.1 Å². The number of thiazole rings is 1. The van der Waals surface area contributed by atoms with Gasteiger partial charge >= 0.3 is 5.97 Å². The van der Waals surface area contributed by atoms with Gasteiger partial charge in [-0.3, -0.25) is 4.98 Å². The molecule has 0 saturated heterocycles. The minimum Gasteiger partial charge on any atom is -0.477 e. The van der Waals surface area contributed by atoms with Crippen LogP contribution in [-0.4, -0.2) is 21.0 Å². The van der Waals surface area contributed by atoms with Crippen LogP contribution in [0.1, 0.15) is 20.2 Å². The van der Waals surface area contributed by atoms with Crippen LogP contribution in [0.5, 0.6) is 0 Å². The van der Waals surface area contributed by atoms with Gasteiger partial charge in [-0.2, -0.15) is 0 Å².